The monoisotopic (exact) mass is 290 g/mol. The van der Waals surface area contributed by atoms with E-state index in [2.05, 4.69) is 0 Å². The number of carbonyl (C=O) groups is 2. The van der Waals surface area contributed by atoms with E-state index in [0.29, 0.717) is 13.1 Å². The van der Waals surface area contributed by atoms with Gasteiger partial charge in [-0.2, -0.15) is 0 Å². The Kier molecular flexibility index (Phi) is 5.47. The van der Waals surface area contributed by atoms with Crippen LogP contribution in [-0.4, -0.2) is 59.5 Å². The van der Waals surface area contributed by atoms with Crippen molar-refractivity contribution < 1.29 is 14.3 Å². The SMILES string of the molecule is CN(C(=O)CCl)C1CCCN(C(=O)OC(C)(C)C)C1. The maximum Gasteiger partial charge on any atom is 0.410 e. The number of ether oxygens (including phenoxy) is 1. The second kappa shape index (κ2) is 6.46. The van der Waals surface area contributed by atoms with Gasteiger partial charge in [-0.3, -0.25) is 4.79 Å². The number of carbonyl (C=O) groups excluding carboxylic acids is 2. The highest BCUT2D eigenvalue weighted by Crippen LogP contribution is 2.18. The summed E-state index contributed by atoms with van der Waals surface area (Å²) >= 11 is 5.56. The van der Waals surface area contributed by atoms with Crippen molar-refractivity contribution in [3.05, 3.63) is 0 Å². The van der Waals surface area contributed by atoms with Gasteiger partial charge in [0.2, 0.25) is 5.91 Å². The fourth-order valence-corrected chi connectivity index (χ4v) is 2.25. The molecule has 0 aromatic carbocycles. The van der Waals surface area contributed by atoms with Crippen molar-refractivity contribution in [3.8, 4) is 0 Å². The van der Waals surface area contributed by atoms with Crippen LogP contribution in [0.15, 0.2) is 0 Å². The van der Waals surface area contributed by atoms with E-state index in [0.717, 1.165) is 12.8 Å². The lowest BCUT2D eigenvalue weighted by Gasteiger charge is -2.38. The molecule has 1 atom stereocenters. The molecule has 0 aromatic heterocycles. The van der Waals surface area contributed by atoms with Gasteiger partial charge in [0.05, 0.1) is 0 Å². The maximum atomic E-state index is 12.0. The lowest BCUT2D eigenvalue weighted by Crippen LogP contribution is -2.51. The van der Waals surface area contributed by atoms with Crippen LogP contribution in [0.3, 0.4) is 0 Å². The number of nitrogens with zero attached hydrogens (tertiary/aromatic N) is 2. The minimum atomic E-state index is -0.498. The van der Waals surface area contributed by atoms with E-state index in [4.69, 9.17) is 16.3 Å². The third-order valence-electron chi connectivity index (χ3n) is 3.10. The molecule has 0 spiro atoms. The van der Waals surface area contributed by atoms with Crippen molar-refractivity contribution in [1.82, 2.24) is 9.80 Å². The molecule has 5 nitrogen and oxygen atoms in total. The molecule has 0 aromatic rings. The number of rotatable bonds is 2. The molecule has 110 valence electrons. The predicted molar refractivity (Wildman–Crippen MR) is 74.3 cm³/mol. The van der Waals surface area contributed by atoms with Crippen molar-refractivity contribution in [2.75, 3.05) is 26.0 Å². The van der Waals surface area contributed by atoms with Crippen LogP contribution in [0.25, 0.3) is 0 Å². The molecular formula is C13H23ClN2O3. The first-order chi connectivity index (χ1) is 8.74. The normalized spacial score (nSPS) is 20.1. The summed E-state index contributed by atoms with van der Waals surface area (Å²) in [5.74, 6) is -0.142. The Morgan fingerprint density at radius 3 is 2.58 bits per heavy atom. The standard InChI is InChI=1S/C13H23ClN2O3/c1-13(2,3)19-12(18)16-7-5-6-10(9-16)15(4)11(17)8-14/h10H,5-9H2,1-4H3. The lowest BCUT2D eigenvalue weighted by molar-refractivity contribution is -0.130. The minimum Gasteiger partial charge on any atom is -0.444 e. The molecule has 1 aliphatic rings. The summed E-state index contributed by atoms with van der Waals surface area (Å²) in [5, 5.41) is 0. The largest absolute Gasteiger partial charge is 0.444 e. The molecule has 1 fully saturated rings. The molecule has 1 saturated heterocycles. The van der Waals surface area contributed by atoms with Crippen LogP contribution >= 0.6 is 11.6 Å². The molecule has 1 aliphatic heterocycles. The van der Waals surface area contributed by atoms with E-state index in [1.807, 2.05) is 20.8 Å². The van der Waals surface area contributed by atoms with Gasteiger partial charge in [-0.05, 0) is 33.6 Å². The van der Waals surface area contributed by atoms with Gasteiger partial charge in [0.1, 0.15) is 11.5 Å². The summed E-state index contributed by atoms with van der Waals surface area (Å²) in [6, 6.07) is 0.0209. The third-order valence-corrected chi connectivity index (χ3v) is 3.33. The van der Waals surface area contributed by atoms with E-state index in [1.54, 1.807) is 16.8 Å². The van der Waals surface area contributed by atoms with E-state index >= 15 is 0 Å². The minimum absolute atomic E-state index is 0.0209. The third kappa shape index (κ3) is 4.90. The van der Waals surface area contributed by atoms with Gasteiger partial charge < -0.3 is 14.5 Å². The topological polar surface area (TPSA) is 49.9 Å². The molecule has 0 radical (unpaired) electrons. The van der Waals surface area contributed by atoms with Gasteiger partial charge in [0.15, 0.2) is 0 Å². The van der Waals surface area contributed by atoms with Gasteiger partial charge in [-0.25, -0.2) is 4.79 Å². The highest BCUT2D eigenvalue weighted by Gasteiger charge is 2.30. The first-order valence-corrected chi connectivity index (χ1v) is 7.07. The average Bonchev–Trinajstić information content (AvgIpc) is 2.35. The second-order valence-corrected chi connectivity index (χ2v) is 6.13. The van der Waals surface area contributed by atoms with Crippen molar-refractivity contribution in [2.45, 2.75) is 45.3 Å². The van der Waals surface area contributed by atoms with Crippen molar-refractivity contribution in [2.24, 2.45) is 0 Å². The van der Waals surface area contributed by atoms with E-state index in [-0.39, 0.29) is 23.9 Å². The zero-order valence-corrected chi connectivity index (χ0v) is 12.9. The number of halogens is 1. The first kappa shape index (κ1) is 16.1. The predicted octanol–water partition coefficient (Wildman–Crippen LogP) is 2.08. The van der Waals surface area contributed by atoms with E-state index < -0.39 is 5.60 Å². The van der Waals surface area contributed by atoms with Crippen LogP contribution in [0, 0.1) is 0 Å². The lowest BCUT2D eigenvalue weighted by atomic mass is 10.0. The smallest absolute Gasteiger partial charge is 0.410 e. The maximum absolute atomic E-state index is 12.0. The highest BCUT2D eigenvalue weighted by molar-refractivity contribution is 6.27. The number of piperidine rings is 1. The summed E-state index contributed by atoms with van der Waals surface area (Å²) in [6.07, 6.45) is 1.44. The summed E-state index contributed by atoms with van der Waals surface area (Å²) in [4.78, 5) is 26.9. The van der Waals surface area contributed by atoms with Crippen LogP contribution in [-0.2, 0) is 9.53 Å². The molecule has 0 aliphatic carbocycles. The van der Waals surface area contributed by atoms with Crippen molar-refractivity contribution in [3.63, 3.8) is 0 Å². The quantitative estimate of drug-likeness (QED) is 0.732. The van der Waals surface area contributed by atoms with E-state index in [1.165, 1.54) is 0 Å². The Labute approximate surface area is 119 Å². The van der Waals surface area contributed by atoms with Crippen LogP contribution in [0.5, 0.6) is 0 Å². The zero-order valence-electron chi connectivity index (χ0n) is 12.1. The van der Waals surface area contributed by atoms with Crippen LogP contribution in [0.2, 0.25) is 0 Å². The Hall–Kier alpha value is -0.970. The number of hydrogen-bond acceptors (Lipinski definition) is 3. The number of amides is 2. The number of likely N-dealkylation sites (tertiary alicyclic amines) is 1. The van der Waals surface area contributed by atoms with Gasteiger partial charge in [0.25, 0.3) is 0 Å². The second-order valence-electron chi connectivity index (χ2n) is 5.86. The molecule has 6 heteroatoms. The van der Waals surface area contributed by atoms with Gasteiger partial charge in [0, 0.05) is 26.2 Å². The van der Waals surface area contributed by atoms with Gasteiger partial charge in [-0.15, -0.1) is 11.6 Å². The number of alkyl halides is 1. The van der Waals surface area contributed by atoms with Crippen LogP contribution in [0.4, 0.5) is 4.79 Å². The Bertz CT molecular complexity index is 341. The van der Waals surface area contributed by atoms with Crippen LogP contribution < -0.4 is 0 Å². The van der Waals surface area contributed by atoms with Gasteiger partial charge in [-0.1, -0.05) is 0 Å². The number of hydrogen-bond donors (Lipinski definition) is 0. The summed E-state index contributed by atoms with van der Waals surface area (Å²) < 4.78 is 5.35. The molecule has 0 bridgehead atoms. The van der Waals surface area contributed by atoms with Crippen molar-refractivity contribution in [1.29, 1.82) is 0 Å². The number of likely N-dealkylation sites (N-methyl/N-ethyl adjacent to an activating group) is 1. The first-order valence-electron chi connectivity index (χ1n) is 6.54. The summed E-state index contributed by atoms with van der Waals surface area (Å²) in [5.41, 5.74) is -0.498. The molecule has 1 unspecified atom stereocenters. The molecule has 1 rings (SSSR count). The van der Waals surface area contributed by atoms with E-state index in [9.17, 15) is 9.59 Å². The summed E-state index contributed by atoms with van der Waals surface area (Å²) in [7, 11) is 1.73. The Balaban J connectivity index is 2.59. The highest BCUT2D eigenvalue weighted by atomic mass is 35.5. The molecule has 2 amide bonds. The molecular weight excluding hydrogens is 268 g/mol. The Morgan fingerprint density at radius 1 is 1.42 bits per heavy atom. The molecule has 0 saturated carbocycles. The Morgan fingerprint density at radius 2 is 2.05 bits per heavy atom. The zero-order chi connectivity index (χ0) is 14.6. The fourth-order valence-electron chi connectivity index (χ4n) is 2.06. The molecule has 19 heavy (non-hydrogen) atoms. The van der Waals surface area contributed by atoms with Gasteiger partial charge >= 0.3 is 6.09 Å². The molecule has 1 heterocycles. The van der Waals surface area contributed by atoms with Crippen LogP contribution in [0.1, 0.15) is 33.6 Å². The molecule has 0 N–H and O–H groups in total. The van der Waals surface area contributed by atoms with Crippen molar-refractivity contribution >= 4 is 23.6 Å². The fraction of sp³-hybridized carbons (Fsp3) is 0.846. The summed E-state index contributed by atoms with van der Waals surface area (Å²) in [6.45, 7) is 6.71. The average molecular weight is 291 g/mol.